The number of carboxylic acid groups (broad SMARTS) is 1. The third kappa shape index (κ3) is 4.18. The average molecular weight is 379 g/mol. The lowest BCUT2D eigenvalue weighted by Crippen LogP contribution is -2.18. The summed E-state index contributed by atoms with van der Waals surface area (Å²) in [4.78, 5) is 23.2. The molecule has 142 valence electrons. The Morgan fingerprint density at radius 3 is 2.74 bits per heavy atom. The molecular weight excluding hydrogens is 363 g/mol. The molecule has 0 radical (unpaired) electrons. The van der Waals surface area contributed by atoms with Gasteiger partial charge in [0.05, 0.1) is 11.9 Å². The van der Waals surface area contributed by atoms with E-state index in [1.54, 1.807) is 6.07 Å². The highest BCUT2D eigenvalue weighted by molar-refractivity contribution is 5.91. The highest BCUT2D eigenvalue weighted by Gasteiger charge is 2.40. The van der Waals surface area contributed by atoms with Gasteiger partial charge in [-0.1, -0.05) is 18.2 Å². The molecule has 1 heterocycles. The van der Waals surface area contributed by atoms with Gasteiger partial charge in [-0.25, -0.2) is 9.48 Å². The number of allylic oxidation sites excluding steroid dienone is 2. The SMILES string of the molecule is O=C(CC1C=CCC1)Nc1cccc(-n2ncc(C(=O)O)c2C(F)(F)F)c1. The zero-order valence-electron chi connectivity index (χ0n) is 14.0. The summed E-state index contributed by atoms with van der Waals surface area (Å²) < 4.78 is 40.5. The Kier molecular flexibility index (Phi) is 5.02. The summed E-state index contributed by atoms with van der Waals surface area (Å²) in [5.74, 6) is -1.80. The Morgan fingerprint density at radius 1 is 1.33 bits per heavy atom. The number of hydrogen-bond acceptors (Lipinski definition) is 3. The van der Waals surface area contributed by atoms with Gasteiger partial charge in [-0.3, -0.25) is 4.79 Å². The van der Waals surface area contributed by atoms with Gasteiger partial charge in [-0.05, 0) is 37.0 Å². The molecule has 1 amide bonds. The number of halogens is 3. The summed E-state index contributed by atoms with van der Waals surface area (Å²) in [6, 6.07) is 5.67. The van der Waals surface area contributed by atoms with E-state index < -0.39 is 23.4 Å². The Morgan fingerprint density at radius 2 is 2.11 bits per heavy atom. The fraction of sp³-hybridized carbons (Fsp3) is 0.278. The first-order valence-electron chi connectivity index (χ1n) is 8.21. The van der Waals surface area contributed by atoms with E-state index in [1.165, 1.54) is 18.2 Å². The normalized spacial score (nSPS) is 16.5. The Bertz CT molecular complexity index is 903. The molecule has 1 aromatic heterocycles. The van der Waals surface area contributed by atoms with Crippen molar-refractivity contribution in [2.45, 2.75) is 25.4 Å². The molecule has 9 heteroatoms. The lowest BCUT2D eigenvalue weighted by molar-refractivity contribution is -0.143. The summed E-state index contributed by atoms with van der Waals surface area (Å²) in [7, 11) is 0. The standard InChI is InChI=1S/C18H16F3N3O3/c19-18(20,21)16-14(17(26)27)10-22-24(16)13-7-3-6-12(9-13)23-15(25)8-11-4-1-2-5-11/h1,3-4,6-7,9-11H,2,5,8H2,(H,23,25)(H,26,27). The first kappa shape index (κ1) is 18.7. The molecule has 2 N–H and O–H groups in total. The van der Waals surface area contributed by atoms with Gasteiger partial charge in [0, 0.05) is 12.1 Å². The van der Waals surface area contributed by atoms with Crippen LogP contribution >= 0.6 is 0 Å². The van der Waals surface area contributed by atoms with Crippen LogP contribution in [-0.2, 0) is 11.0 Å². The summed E-state index contributed by atoms with van der Waals surface area (Å²) in [5, 5.41) is 15.2. The van der Waals surface area contributed by atoms with Gasteiger partial charge in [0.2, 0.25) is 5.91 Å². The number of hydrogen-bond donors (Lipinski definition) is 2. The number of anilines is 1. The number of amides is 1. The van der Waals surface area contributed by atoms with Gasteiger partial charge >= 0.3 is 12.1 Å². The van der Waals surface area contributed by atoms with Crippen LogP contribution in [0.3, 0.4) is 0 Å². The maximum Gasteiger partial charge on any atom is 0.434 e. The highest BCUT2D eigenvalue weighted by atomic mass is 19.4. The van der Waals surface area contributed by atoms with E-state index in [-0.39, 0.29) is 17.5 Å². The molecule has 1 aromatic carbocycles. The van der Waals surface area contributed by atoms with Crippen molar-refractivity contribution in [2.75, 3.05) is 5.32 Å². The highest BCUT2D eigenvalue weighted by Crippen LogP contribution is 2.34. The molecule has 0 saturated heterocycles. The number of rotatable bonds is 5. The lowest BCUT2D eigenvalue weighted by Gasteiger charge is -2.13. The van der Waals surface area contributed by atoms with Crippen LogP contribution in [0.15, 0.2) is 42.6 Å². The van der Waals surface area contributed by atoms with E-state index in [9.17, 15) is 22.8 Å². The number of carboxylic acids is 1. The van der Waals surface area contributed by atoms with Crippen molar-refractivity contribution in [3.8, 4) is 5.69 Å². The molecule has 3 rings (SSSR count). The van der Waals surface area contributed by atoms with Crippen molar-refractivity contribution in [1.82, 2.24) is 9.78 Å². The van der Waals surface area contributed by atoms with Gasteiger partial charge in [0.25, 0.3) is 0 Å². The number of carbonyl (C=O) groups excluding carboxylic acids is 1. The molecule has 1 atom stereocenters. The first-order valence-corrected chi connectivity index (χ1v) is 8.21. The van der Waals surface area contributed by atoms with Crippen molar-refractivity contribution in [3.05, 3.63) is 53.9 Å². The van der Waals surface area contributed by atoms with Crippen LogP contribution in [-0.4, -0.2) is 26.8 Å². The van der Waals surface area contributed by atoms with Crippen LogP contribution in [0.5, 0.6) is 0 Å². The third-order valence-corrected chi connectivity index (χ3v) is 4.20. The summed E-state index contributed by atoms with van der Waals surface area (Å²) >= 11 is 0. The van der Waals surface area contributed by atoms with E-state index in [1.807, 2.05) is 12.2 Å². The van der Waals surface area contributed by atoms with Gasteiger partial charge in [0.15, 0.2) is 5.69 Å². The van der Waals surface area contributed by atoms with E-state index in [2.05, 4.69) is 10.4 Å². The molecule has 0 spiro atoms. The van der Waals surface area contributed by atoms with Crippen molar-refractivity contribution < 1.29 is 27.9 Å². The fourth-order valence-corrected chi connectivity index (χ4v) is 3.00. The molecule has 0 bridgehead atoms. The van der Waals surface area contributed by atoms with Crippen LogP contribution in [0.25, 0.3) is 5.69 Å². The summed E-state index contributed by atoms with van der Waals surface area (Å²) in [6.07, 6.45) is 1.85. The number of aromatic carboxylic acids is 1. The average Bonchev–Trinajstić information content (AvgIpc) is 3.23. The van der Waals surface area contributed by atoms with E-state index in [4.69, 9.17) is 5.11 Å². The van der Waals surface area contributed by atoms with Gasteiger partial charge < -0.3 is 10.4 Å². The molecule has 0 aliphatic heterocycles. The van der Waals surface area contributed by atoms with Gasteiger partial charge in [0.1, 0.15) is 5.56 Å². The second-order valence-corrected chi connectivity index (χ2v) is 6.19. The molecule has 0 fully saturated rings. The van der Waals surface area contributed by atoms with E-state index >= 15 is 0 Å². The van der Waals surface area contributed by atoms with Crippen molar-refractivity contribution in [1.29, 1.82) is 0 Å². The smallest absolute Gasteiger partial charge is 0.434 e. The molecule has 2 aromatic rings. The Hall–Kier alpha value is -3.10. The lowest BCUT2D eigenvalue weighted by atomic mass is 10.1. The number of nitrogens with one attached hydrogen (secondary N) is 1. The monoisotopic (exact) mass is 379 g/mol. The van der Waals surface area contributed by atoms with Crippen LogP contribution in [0, 0.1) is 5.92 Å². The molecular formula is C18H16F3N3O3. The van der Waals surface area contributed by atoms with E-state index in [0.29, 0.717) is 23.0 Å². The maximum atomic E-state index is 13.3. The summed E-state index contributed by atoms with van der Waals surface area (Å²) in [5.41, 5.74) is -2.02. The third-order valence-electron chi connectivity index (χ3n) is 4.20. The quantitative estimate of drug-likeness (QED) is 0.772. The Labute approximate surface area is 152 Å². The Balaban J connectivity index is 1.86. The number of nitrogens with zero attached hydrogens (tertiary/aromatic N) is 2. The largest absolute Gasteiger partial charge is 0.478 e. The van der Waals surface area contributed by atoms with Gasteiger partial charge in [-0.2, -0.15) is 18.3 Å². The topological polar surface area (TPSA) is 84.2 Å². The number of carbonyl (C=O) groups is 2. The number of benzene rings is 1. The summed E-state index contributed by atoms with van der Waals surface area (Å²) in [6.45, 7) is 0. The predicted octanol–water partition coefficient (Wildman–Crippen LogP) is 3.88. The minimum Gasteiger partial charge on any atom is -0.478 e. The van der Waals surface area contributed by atoms with Crippen LogP contribution in [0.1, 0.15) is 35.3 Å². The number of aromatic nitrogens is 2. The number of alkyl halides is 3. The second kappa shape index (κ2) is 7.26. The van der Waals surface area contributed by atoms with Crippen LogP contribution in [0.4, 0.5) is 18.9 Å². The minimum atomic E-state index is -4.90. The molecule has 0 saturated carbocycles. The van der Waals surface area contributed by atoms with Crippen LogP contribution < -0.4 is 5.32 Å². The minimum absolute atomic E-state index is 0.00612. The molecule has 1 unspecified atom stereocenters. The fourth-order valence-electron chi connectivity index (χ4n) is 3.00. The molecule has 27 heavy (non-hydrogen) atoms. The first-order chi connectivity index (χ1) is 12.8. The zero-order chi connectivity index (χ0) is 19.6. The molecule has 6 nitrogen and oxygen atoms in total. The van der Waals surface area contributed by atoms with Crippen molar-refractivity contribution in [3.63, 3.8) is 0 Å². The predicted molar refractivity (Wildman–Crippen MR) is 90.6 cm³/mol. The molecule has 1 aliphatic carbocycles. The molecule has 1 aliphatic rings. The van der Waals surface area contributed by atoms with Gasteiger partial charge in [-0.15, -0.1) is 0 Å². The van der Waals surface area contributed by atoms with Crippen molar-refractivity contribution in [2.24, 2.45) is 5.92 Å². The second-order valence-electron chi connectivity index (χ2n) is 6.19. The van der Waals surface area contributed by atoms with E-state index in [0.717, 1.165) is 12.8 Å². The van der Waals surface area contributed by atoms with Crippen LogP contribution in [0.2, 0.25) is 0 Å². The van der Waals surface area contributed by atoms with Crippen molar-refractivity contribution >= 4 is 17.6 Å². The maximum absolute atomic E-state index is 13.3. The zero-order valence-corrected chi connectivity index (χ0v) is 14.0.